The molecule has 0 aliphatic rings. The topological polar surface area (TPSA) is 157 Å². The Labute approximate surface area is 231 Å². The van der Waals surface area contributed by atoms with Gasteiger partial charge in [-0.3, -0.25) is 14.6 Å². The predicted molar refractivity (Wildman–Crippen MR) is 157 cm³/mol. The van der Waals surface area contributed by atoms with Crippen molar-refractivity contribution in [3.05, 3.63) is 53.1 Å². The van der Waals surface area contributed by atoms with Crippen LogP contribution < -0.4 is 21.7 Å². The molecule has 1 radical (unpaired) electrons. The van der Waals surface area contributed by atoms with Crippen LogP contribution in [0.25, 0.3) is 6.08 Å². The Morgan fingerprint density at radius 1 is 1.31 bits per heavy atom. The number of aliphatic hydroxyl groups is 1. The Hall–Kier alpha value is -3.67. The van der Waals surface area contributed by atoms with Crippen LogP contribution in [0, 0.1) is 5.41 Å². The summed E-state index contributed by atoms with van der Waals surface area (Å²) in [6.07, 6.45) is 11.0. The number of allylic oxidation sites excluding steroid dienone is 2. The van der Waals surface area contributed by atoms with Crippen molar-refractivity contribution in [1.82, 2.24) is 20.8 Å². The number of H-pyrrole nitrogens is 1. The Bertz CT molecular complexity index is 1060. The van der Waals surface area contributed by atoms with Crippen LogP contribution >= 0.6 is 0 Å². The first-order valence-electron chi connectivity index (χ1n) is 13.0. The smallest absolute Gasteiger partial charge is 0.402 e. The number of amides is 2. The highest BCUT2D eigenvalue weighted by Gasteiger charge is 2.20. The van der Waals surface area contributed by atoms with Crippen molar-refractivity contribution in [2.45, 2.75) is 59.8 Å². The molecule has 10 nitrogen and oxygen atoms in total. The Morgan fingerprint density at radius 3 is 2.74 bits per heavy atom. The van der Waals surface area contributed by atoms with Gasteiger partial charge in [0.05, 0.1) is 5.71 Å². The minimum atomic E-state index is -0.521. The summed E-state index contributed by atoms with van der Waals surface area (Å²) >= 11 is 0. The van der Waals surface area contributed by atoms with E-state index in [1.165, 1.54) is 12.3 Å². The molecule has 1 aromatic rings. The number of carbonyl (C=O) groups excluding carboxylic acids is 2. The van der Waals surface area contributed by atoms with Crippen LogP contribution in [0.15, 0.2) is 51.8 Å². The number of aliphatic hydroxyl groups excluding tert-OH is 1. The molecule has 1 aromatic heterocycles. The van der Waals surface area contributed by atoms with E-state index in [-0.39, 0.29) is 24.8 Å². The van der Waals surface area contributed by atoms with E-state index in [1.807, 2.05) is 38.1 Å². The zero-order valence-electron chi connectivity index (χ0n) is 23.4. The van der Waals surface area contributed by atoms with Gasteiger partial charge < -0.3 is 36.1 Å². The van der Waals surface area contributed by atoms with Gasteiger partial charge >= 0.3 is 7.69 Å². The highest BCUT2D eigenvalue weighted by molar-refractivity contribution is 6.30. The van der Waals surface area contributed by atoms with Gasteiger partial charge in [0.2, 0.25) is 11.8 Å². The number of hydrogen-bond donors (Lipinski definition) is 6. The third-order valence-corrected chi connectivity index (χ3v) is 5.58. The molecule has 0 aliphatic heterocycles. The molecule has 0 saturated carbocycles. The SMILES string of the molecule is CC/C=C(C)\C(=C\c1ccc(CCCN=CC(CCNC(=O)/C=C/NC(=O)CC(C)(C)CO)=NN)[nH]1)N[B]F. The van der Waals surface area contributed by atoms with Crippen LogP contribution in [0.5, 0.6) is 0 Å². The standard InChI is InChI=1S/C27H42BFN7O3/c1-5-7-20(2)24(35-28-29)16-22-10-9-21(34-22)8-6-13-31-18-23(36-30)11-14-32-25(38)12-15-33-26(39)17-27(3,4)19-37/h7,9-10,12,15-16,18,34-35,37H,5-6,8,11,13-14,17,19,30H2,1-4H3,(H,32,38)(H,33,39)/b15-12+,20-7-,24-16-,31-18?,36-23?. The minimum absolute atomic E-state index is 0.108. The van der Waals surface area contributed by atoms with Crippen LogP contribution in [0.2, 0.25) is 0 Å². The number of rotatable bonds is 18. The van der Waals surface area contributed by atoms with E-state index in [4.69, 9.17) is 5.84 Å². The van der Waals surface area contributed by atoms with E-state index in [0.29, 0.717) is 38.6 Å². The molecular formula is C27H42BFN7O3. The molecule has 1 rings (SSSR count). The molecule has 0 spiro atoms. The van der Waals surface area contributed by atoms with Crippen molar-refractivity contribution in [3.63, 3.8) is 0 Å². The van der Waals surface area contributed by atoms with Crippen molar-refractivity contribution in [1.29, 1.82) is 0 Å². The van der Waals surface area contributed by atoms with Crippen LogP contribution in [0.4, 0.5) is 4.32 Å². The van der Waals surface area contributed by atoms with Crippen molar-refractivity contribution >= 4 is 37.5 Å². The van der Waals surface area contributed by atoms with E-state index in [1.54, 1.807) is 20.1 Å². The molecule has 1 heterocycles. The quantitative estimate of drug-likeness (QED) is 0.0320. The second-order valence-corrected chi connectivity index (χ2v) is 9.75. The van der Waals surface area contributed by atoms with Gasteiger partial charge in [-0.2, -0.15) is 5.10 Å². The highest BCUT2D eigenvalue weighted by Crippen LogP contribution is 2.18. The minimum Gasteiger partial charge on any atom is -0.402 e. The van der Waals surface area contributed by atoms with Gasteiger partial charge in [-0.1, -0.05) is 26.8 Å². The van der Waals surface area contributed by atoms with Crippen LogP contribution in [0.1, 0.15) is 64.8 Å². The molecule has 0 aliphatic carbocycles. The van der Waals surface area contributed by atoms with E-state index >= 15 is 0 Å². The van der Waals surface area contributed by atoms with E-state index in [0.717, 1.165) is 36.2 Å². The molecule has 0 aromatic carbocycles. The summed E-state index contributed by atoms with van der Waals surface area (Å²) in [5, 5.41) is 20.7. The maximum Gasteiger partial charge on any atom is 0.488 e. The highest BCUT2D eigenvalue weighted by atomic mass is 19.1. The van der Waals surface area contributed by atoms with E-state index in [2.05, 4.69) is 30.9 Å². The maximum atomic E-state index is 12.7. The van der Waals surface area contributed by atoms with Crippen molar-refractivity contribution in [2.24, 2.45) is 21.4 Å². The summed E-state index contributed by atoms with van der Waals surface area (Å²) in [5.41, 5.74) is 3.62. The van der Waals surface area contributed by atoms with Crippen LogP contribution in [0.3, 0.4) is 0 Å². The van der Waals surface area contributed by atoms with Crippen molar-refractivity contribution in [3.8, 4) is 0 Å². The normalized spacial score (nSPS) is 13.2. The number of hydrogen-bond acceptors (Lipinski definition) is 7. The molecule has 0 saturated heterocycles. The first-order chi connectivity index (χ1) is 18.6. The molecular weight excluding hydrogens is 500 g/mol. The number of aryl methyl sites for hydroxylation is 1. The summed E-state index contributed by atoms with van der Waals surface area (Å²) in [5.74, 6) is 4.78. The molecule has 2 amide bonds. The number of carbonyl (C=O) groups is 2. The fraction of sp³-hybridized carbons (Fsp3) is 0.481. The molecule has 7 N–H and O–H groups in total. The van der Waals surface area contributed by atoms with E-state index in [9.17, 15) is 19.0 Å². The van der Waals surface area contributed by atoms with Crippen LogP contribution in [-0.2, 0) is 16.0 Å². The van der Waals surface area contributed by atoms with Gasteiger partial charge in [0, 0.05) is 68.1 Å². The molecule has 12 heteroatoms. The molecule has 0 bridgehead atoms. The number of nitrogens with two attached hydrogens (primary N) is 1. The summed E-state index contributed by atoms with van der Waals surface area (Å²) < 4.78 is 12.7. The number of nitrogens with one attached hydrogen (secondary N) is 4. The monoisotopic (exact) mass is 542 g/mol. The Morgan fingerprint density at radius 2 is 2.08 bits per heavy atom. The van der Waals surface area contributed by atoms with Crippen LogP contribution in [-0.4, -0.2) is 61.2 Å². The molecule has 213 valence electrons. The van der Waals surface area contributed by atoms with Gasteiger partial charge in [-0.25, -0.2) is 0 Å². The lowest BCUT2D eigenvalue weighted by molar-refractivity contribution is -0.122. The predicted octanol–water partition coefficient (Wildman–Crippen LogP) is 2.67. The lowest BCUT2D eigenvalue weighted by atomic mass is 9.90. The van der Waals surface area contributed by atoms with Gasteiger partial charge in [0.15, 0.2) is 0 Å². The number of halogens is 1. The lowest BCUT2D eigenvalue weighted by Gasteiger charge is -2.19. The lowest BCUT2D eigenvalue weighted by Crippen LogP contribution is -2.29. The zero-order chi connectivity index (χ0) is 29.1. The zero-order valence-corrected chi connectivity index (χ0v) is 23.4. The fourth-order valence-corrected chi connectivity index (χ4v) is 3.41. The van der Waals surface area contributed by atoms with Gasteiger partial charge in [-0.15, -0.1) is 0 Å². The summed E-state index contributed by atoms with van der Waals surface area (Å²) in [7, 11) is 0.426. The Balaban J connectivity index is 2.39. The number of hydrazone groups is 1. The molecule has 0 atom stereocenters. The molecule has 39 heavy (non-hydrogen) atoms. The average molecular weight is 542 g/mol. The number of aliphatic imine (C=N–C) groups is 1. The number of aromatic amines is 1. The third kappa shape index (κ3) is 14.7. The van der Waals surface area contributed by atoms with Crippen molar-refractivity contribution in [2.75, 3.05) is 19.7 Å². The Kier molecular flexibility index (Phi) is 15.9. The number of aromatic nitrogens is 1. The summed E-state index contributed by atoms with van der Waals surface area (Å²) in [6, 6.07) is 3.95. The second-order valence-electron chi connectivity index (χ2n) is 9.75. The molecule has 0 unspecified atom stereocenters. The third-order valence-electron chi connectivity index (χ3n) is 5.58. The van der Waals surface area contributed by atoms with E-state index < -0.39 is 5.41 Å². The van der Waals surface area contributed by atoms with Gasteiger partial charge in [0.25, 0.3) is 0 Å². The van der Waals surface area contributed by atoms with Crippen molar-refractivity contribution < 1.29 is 19.0 Å². The average Bonchev–Trinajstić information content (AvgIpc) is 3.34. The first-order valence-corrected chi connectivity index (χ1v) is 13.0. The fourth-order valence-electron chi connectivity index (χ4n) is 3.41. The maximum absolute atomic E-state index is 12.7. The van der Waals surface area contributed by atoms with Gasteiger partial charge in [-0.05, 0) is 55.4 Å². The summed E-state index contributed by atoms with van der Waals surface area (Å²) in [6.45, 7) is 8.29. The summed E-state index contributed by atoms with van der Waals surface area (Å²) in [4.78, 5) is 31.4. The van der Waals surface area contributed by atoms with Gasteiger partial charge in [0.1, 0.15) is 0 Å². The number of nitrogens with zero attached hydrogens (tertiary/aromatic N) is 2. The largest absolute Gasteiger partial charge is 0.488 e. The first kappa shape index (κ1) is 33.4. The molecule has 0 fully saturated rings. The second kappa shape index (κ2) is 18.6.